The van der Waals surface area contributed by atoms with Gasteiger partial charge in [-0.1, -0.05) is 6.92 Å². The maximum atomic E-state index is 5.70. The van der Waals surface area contributed by atoms with Crippen molar-refractivity contribution in [2.24, 2.45) is 7.05 Å². The fourth-order valence-corrected chi connectivity index (χ4v) is 2.09. The predicted octanol–water partition coefficient (Wildman–Crippen LogP) is 2.32. The maximum Gasteiger partial charge on any atom is 0.109 e. The molecule has 0 saturated carbocycles. The van der Waals surface area contributed by atoms with E-state index in [0.717, 1.165) is 23.9 Å². The summed E-state index contributed by atoms with van der Waals surface area (Å²) in [5, 5.41) is 0.543. The van der Waals surface area contributed by atoms with Crippen LogP contribution in [0.3, 0.4) is 0 Å². The molecule has 1 aromatic heterocycles. The van der Waals surface area contributed by atoms with Gasteiger partial charge in [0.1, 0.15) is 5.82 Å². The lowest BCUT2D eigenvalue weighted by Crippen LogP contribution is -2.03. The Labute approximate surface area is 88.7 Å². The highest BCUT2D eigenvalue weighted by atomic mass is 35.5. The summed E-state index contributed by atoms with van der Waals surface area (Å²) in [7, 11) is 2.03. The minimum atomic E-state index is 0.543. The Morgan fingerprint density at radius 3 is 3.00 bits per heavy atom. The lowest BCUT2D eigenvalue weighted by atomic mass is 10.4. The largest absolute Gasteiger partial charge is 0.338 e. The van der Waals surface area contributed by atoms with E-state index in [0.29, 0.717) is 5.25 Å². The zero-order valence-corrected chi connectivity index (χ0v) is 9.61. The van der Waals surface area contributed by atoms with Gasteiger partial charge in [0.15, 0.2) is 0 Å². The number of halogens is 1. The average Bonchev–Trinajstić information content (AvgIpc) is 2.52. The van der Waals surface area contributed by atoms with E-state index in [4.69, 9.17) is 11.6 Å². The Kier molecular flexibility index (Phi) is 4.67. The number of alkyl halides is 1. The molecule has 1 unspecified atom stereocenters. The molecule has 1 heterocycles. The Morgan fingerprint density at radius 2 is 2.46 bits per heavy atom. The van der Waals surface area contributed by atoms with Crippen LogP contribution in [0, 0.1) is 0 Å². The van der Waals surface area contributed by atoms with Crippen LogP contribution >= 0.6 is 23.4 Å². The molecule has 0 fully saturated rings. The van der Waals surface area contributed by atoms with Crippen LogP contribution in [-0.2, 0) is 13.5 Å². The van der Waals surface area contributed by atoms with Crippen LogP contribution in [0.2, 0.25) is 0 Å². The van der Waals surface area contributed by atoms with Gasteiger partial charge in [0.25, 0.3) is 0 Å². The van der Waals surface area contributed by atoms with E-state index in [1.165, 1.54) is 0 Å². The van der Waals surface area contributed by atoms with Crippen molar-refractivity contribution in [2.45, 2.75) is 18.6 Å². The van der Waals surface area contributed by atoms with E-state index in [2.05, 4.69) is 16.5 Å². The molecule has 0 amide bonds. The summed E-state index contributed by atoms with van der Waals surface area (Å²) >= 11 is 7.60. The number of thioether (sulfide) groups is 1. The molecule has 1 aromatic rings. The molecule has 0 saturated heterocycles. The van der Waals surface area contributed by atoms with Crippen LogP contribution in [0.1, 0.15) is 12.7 Å². The number of rotatable bonds is 5. The van der Waals surface area contributed by atoms with Gasteiger partial charge >= 0.3 is 0 Å². The van der Waals surface area contributed by atoms with E-state index in [1.54, 1.807) is 0 Å². The van der Waals surface area contributed by atoms with Crippen molar-refractivity contribution in [3.05, 3.63) is 18.2 Å². The summed E-state index contributed by atoms with van der Waals surface area (Å²) in [6.07, 6.45) is 4.84. The SMILES string of the molecule is CC(CCl)SCCc1nccn1C. The fourth-order valence-electron chi connectivity index (χ4n) is 1.03. The molecule has 0 aliphatic heterocycles. The minimum absolute atomic E-state index is 0.543. The fraction of sp³-hybridized carbons (Fsp3) is 0.667. The second-order valence-corrected chi connectivity index (χ2v) is 4.90. The van der Waals surface area contributed by atoms with Crippen molar-refractivity contribution in [3.63, 3.8) is 0 Å². The highest BCUT2D eigenvalue weighted by Crippen LogP contribution is 2.13. The van der Waals surface area contributed by atoms with Gasteiger partial charge in [-0.15, -0.1) is 11.6 Å². The average molecular weight is 219 g/mol. The van der Waals surface area contributed by atoms with E-state index >= 15 is 0 Å². The van der Waals surface area contributed by atoms with Crippen LogP contribution in [0.4, 0.5) is 0 Å². The quantitative estimate of drug-likeness (QED) is 0.706. The van der Waals surface area contributed by atoms with Crippen molar-refractivity contribution in [3.8, 4) is 0 Å². The van der Waals surface area contributed by atoms with Crippen molar-refractivity contribution in [1.82, 2.24) is 9.55 Å². The molecule has 0 radical (unpaired) electrons. The summed E-state index contributed by atoms with van der Waals surface area (Å²) in [6, 6.07) is 0. The number of imidazole rings is 1. The molecule has 1 rings (SSSR count). The number of hydrogen-bond donors (Lipinski definition) is 0. The summed E-state index contributed by atoms with van der Waals surface area (Å²) < 4.78 is 2.06. The molecule has 0 aromatic carbocycles. The Hall–Kier alpha value is -0.150. The standard InChI is InChI=1S/C9H15ClN2S/c1-8(7-10)13-6-3-9-11-4-5-12(9)2/h4-5,8H,3,6-7H2,1-2H3. The molecule has 13 heavy (non-hydrogen) atoms. The Morgan fingerprint density at radius 1 is 1.69 bits per heavy atom. The zero-order chi connectivity index (χ0) is 9.68. The van der Waals surface area contributed by atoms with Gasteiger partial charge in [0.2, 0.25) is 0 Å². The third kappa shape index (κ3) is 3.61. The van der Waals surface area contributed by atoms with Crippen molar-refractivity contribution in [2.75, 3.05) is 11.6 Å². The van der Waals surface area contributed by atoms with E-state index in [9.17, 15) is 0 Å². The first-order chi connectivity index (χ1) is 6.24. The topological polar surface area (TPSA) is 17.8 Å². The molecular formula is C9H15ClN2S. The van der Waals surface area contributed by atoms with Crippen LogP contribution in [0.15, 0.2) is 12.4 Å². The smallest absolute Gasteiger partial charge is 0.109 e. The maximum absolute atomic E-state index is 5.70. The molecule has 0 bridgehead atoms. The number of nitrogens with zero attached hydrogens (tertiary/aromatic N) is 2. The summed E-state index contributed by atoms with van der Waals surface area (Å²) in [5.41, 5.74) is 0. The summed E-state index contributed by atoms with van der Waals surface area (Å²) in [5.74, 6) is 2.97. The molecule has 4 heteroatoms. The van der Waals surface area contributed by atoms with Crippen LogP contribution in [-0.4, -0.2) is 26.4 Å². The van der Waals surface area contributed by atoms with E-state index in [-0.39, 0.29) is 0 Å². The normalized spacial score (nSPS) is 13.2. The predicted molar refractivity (Wildman–Crippen MR) is 59.6 cm³/mol. The van der Waals surface area contributed by atoms with Crippen molar-refractivity contribution in [1.29, 1.82) is 0 Å². The number of hydrogen-bond acceptors (Lipinski definition) is 2. The number of aromatic nitrogens is 2. The molecular weight excluding hydrogens is 204 g/mol. The first-order valence-electron chi connectivity index (χ1n) is 4.37. The van der Waals surface area contributed by atoms with E-state index in [1.807, 2.05) is 31.2 Å². The zero-order valence-electron chi connectivity index (χ0n) is 8.03. The summed E-state index contributed by atoms with van der Waals surface area (Å²) in [4.78, 5) is 4.26. The van der Waals surface area contributed by atoms with Gasteiger partial charge in [0.05, 0.1) is 0 Å². The highest BCUT2D eigenvalue weighted by molar-refractivity contribution is 7.99. The molecule has 74 valence electrons. The van der Waals surface area contributed by atoms with Crippen LogP contribution in [0.25, 0.3) is 0 Å². The van der Waals surface area contributed by atoms with Crippen LogP contribution < -0.4 is 0 Å². The molecule has 0 aliphatic rings. The third-order valence-electron chi connectivity index (χ3n) is 1.87. The van der Waals surface area contributed by atoms with Gasteiger partial charge in [-0.3, -0.25) is 0 Å². The minimum Gasteiger partial charge on any atom is -0.338 e. The summed E-state index contributed by atoms with van der Waals surface area (Å²) in [6.45, 7) is 2.15. The molecule has 0 spiro atoms. The lowest BCUT2D eigenvalue weighted by molar-refractivity contribution is 0.811. The Bertz CT molecular complexity index is 250. The Balaban J connectivity index is 2.24. The molecule has 1 atom stereocenters. The van der Waals surface area contributed by atoms with Gasteiger partial charge in [-0.2, -0.15) is 11.8 Å². The first kappa shape index (κ1) is 10.9. The monoisotopic (exact) mass is 218 g/mol. The van der Waals surface area contributed by atoms with E-state index < -0.39 is 0 Å². The highest BCUT2D eigenvalue weighted by Gasteiger charge is 2.02. The first-order valence-corrected chi connectivity index (χ1v) is 5.96. The third-order valence-corrected chi connectivity index (χ3v) is 3.69. The number of aryl methyl sites for hydroxylation is 2. The molecule has 0 N–H and O–H groups in total. The van der Waals surface area contributed by atoms with Gasteiger partial charge in [0, 0.05) is 42.7 Å². The van der Waals surface area contributed by atoms with Crippen LogP contribution in [0.5, 0.6) is 0 Å². The van der Waals surface area contributed by atoms with Crippen molar-refractivity contribution < 1.29 is 0 Å². The lowest BCUT2D eigenvalue weighted by Gasteiger charge is -2.06. The second kappa shape index (κ2) is 5.55. The van der Waals surface area contributed by atoms with Crippen molar-refractivity contribution >= 4 is 23.4 Å². The van der Waals surface area contributed by atoms with Gasteiger partial charge in [-0.25, -0.2) is 4.98 Å². The van der Waals surface area contributed by atoms with Gasteiger partial charge < -0.3 is 4.57 Å². The second-order valence-electron chi connectivity index (χ2n) is 3.04. The molecule has 0 aliphatic carbocycles. The molecule has 2 nitrogen and oxygen atoms in total. The van der Waals surface area contributed by atoms with Gasteiger partial charge in [-0.05, 0) is 0 Å².